The van der Waals surface area contributed by atoms with Gasteiger partial charge in [-0.25, -0.2) is 0 Å². The van der Waals surface area contributed by atoms with Crippen LogP contribution in [0, 0.1) is 0 Å². The zero-order valence-electron chi connectivity index (χ0n) is 12.0. The Bertz CT molecular complexity index is 364. The summed E-state index contributed by atoms with van der Waals surface area (Å²) in [4.78, 5) is 2.53. The smallest absolute Gasteiger partial charge is 0.118 e. The number of likely N-dealkylation sites (tertiary alicyclic amines) is 1. The number of hydrogen-bond donors (Lipinski definition) is 1. The Hall–Kier alpha value is -1.06. The Kier molecular flexibility index (Phi) is 5.67. The number of aryl methyl sites for hydroxylation is 1. The van der Waals surface area contributed by atoms with Crippen molar-refractivity contribution in [3.8, 4) is 5.75 Å². The lowest BCUT2D eigenvalue weighted by Gasteiger charge is -2.22. The van der Waals surface area contributed by atoms with Crippen molar-refractivity contribution in [1.82, 2.24) is 4.90 Å². The number of nitrogens with zero attached hydrogens (tertiary/aromatic N) is 1. The van der Waals surface area contributed by atoms with Gasteiger partial charge < -0.3 is 15.4 Å². The van der Waals surface area contributed by atoms with E-state index in [4.69, 9.17) is 10.5 Å². The molecule has 1 aliphatic heterocycles. The molecule has 0 bridgehead atoms. The van der Waals surface area contributed by atoms with Gasteiger partial charge in [0.1, 0.15) is 5.75 Å². The second kappa shape index (κ2) is 7.51. The van der Waals surface area contributed by atoms with Crippen LogP contribution in [0.4, 0.5) is 0 Å². The number of methoxy groups -OCH3 is 1. The summed E-state index contributed by atoms with van der Waals surface area (Å²) in [7, 11) is 1.71. The summed E-state index contributed by atoms with van der Waals surface area (Å²) in [5.41, 5.74) is 7.47. The fraction of sp³-hybridized carbons (Fsp3) is 0.625. The van der Waals surface area contributed by atoms with Crippen LogP contribution >= 0.6 is 0 Å². The number of ether oxygens (including phenoxy) is 1. The van der Waals surface area contributed by atoms with Gasteiger partial charge in [-0.05, 0) is 56.5 Å². The molecule has 1 atom stereocenters. The van der Waals surface area contributed by atoms with E-state index in [0.717, 1.165) is 18.7 Å². The van der Waals surface area contributed by atoms with Crippen molar-refractivity contribution >= 4 is 0 Å². The molecule has 1 saturated heterocycles. The third-order valence-electron chi connectivity index (χ3n) is 3.89. The van der Waals surface area contributed by atoms with Crippen molar-refractivity contribution in [2.75, 3.05) is 26.7 Å². The topological polar surface area (TPSA) is 38.5 Å². The van der Waals surface area contributed by atoms with E-state index < -0.39 is 0 Å². The van der Waals surface area contributed by atoms with E-state index in [-0.39, 0.29) is 0 Å². The van der Waals surface area contributed by atoms with Gasteiger partial charge >= 0.3 is 0 Å². The Balaban J connectivity index is 1.72. The summed E-state index contributed by atoms with van der Waals surface area (Å²) < 4.78 is 5.17. The predicted octanol–water partition coefficient (Wildman–Crippen LogP) is 2.44. The van der Waals surface area contributed by atoms with Gasteiger partial charge in [0.25, 0.3) is 0 Å². The molecule has 1 heterocycles. The van der Waals surface area contributed by atoms with Crippen LogP contribution in [-0.2, 0) is 6.42 Å². The lowest BCUT2D eigenvalue weighted by molar-refractivity contribution is 0.270. The van der Waals surface area contributed by atoms with Crippen LogP contribution < -0.4 is 10.5 Å². The molecule has 2 rings (SSSR count). The van der Waals surface area contributed by atoms with E-state index in [9.17, 15) is 0 Å². The molecule has 19 heavy (non-hydrogen) atoms. The number of rotatable bonds is 5. The van der Waals surface area contributed by atoms with Crippen LogP contribution in [0.25, 0.3) is 0 Å². The number of benzene rings is 1. The number of nitrogens with two attached hydrogens (primary N) is 1. The lowest BCUT2D eigenvalue weighted by Crippen LogP contribution is -2.36. The highest BCUT2D eigenvalue weighted by Crippen LogP contribution is 2.14. The van der Waals surface area contributed by atoms with E-state index in [2.05, 4.69) is 17.0 Å². The van der Waals surface area contributed by atoms with Crippen LogP contribution in [0.3, 0.4) is 0 Å². The van der Waals surface area contributed by atoms with E-state index >= 15 is 0 Å². The van der Waals surface area contributed by atoms with E-state index in [1.165, 1.54) is 44.3 Å². The molecule has 3 heteroatoms. The first kappa shape index (κ1) is 14.4. The average molecular weight is 262 g/mol. The molecule has 0 radical (unpaired) electrons. The summed E-state index contributed by atoms with van der Waals surface area (Å²) in [6.45, 7) is 3.46. The normalized spacial score (nSPS) is 21.1. The van der Waals surface area contributed by atoms with Crippen molar-refractivity contribution in [2.24, 2.45) is 5.73 Å². The molecule has 0 spiro atoms. The maximum atomic E-state index is 6.08. The van der Waals surface area contributed by atoms with Crippen molar-refractivity contribution in [3.63, 3.8) is 0 Å². The van der Waals surface area contributed by atoms with Gasteiger partial charge in [0.05, 0.1) is 7.11 Å². The molecule has 1 aromatic carbocycles. The van der Waals surface area contributed by atoms with Gasteiger partial charge in [0.2, 0.25) is 0 Å². The minimum atomic E-state index is 0.378. The van der Waals surface area contributed by atoms with Crippen LogP contribution in [0.2, 0.25) is 0 Å². The minimum absolute atomic E-state index is 0.378. The molecule has 0 aliphatic carbocycles. The summed E-state index contributed by atoms with van der Waals surface area (Å²) in [6, 6.07) is 8.78. The van der Waals surface area contributed by atoms with Gasteiger partial charge in [-0.3, -0.25) is 0 Å². The molecule has 1 fully saturated rings. The van der Waals surface area contributed by atoms with Crippen LogP contribution in [-0.4, -0.2) is 37.7 Å². The highest BCUT2D eigenvalue weighted by atomic mass is 16.5. The largest absolute Gasteiger partial charge is 0.497 e. The van der Waals surface area contributed by atoms with Gasteiger partial charge in [0.15, 0.2) is 0 Å². The maximum Gasteiger partial charge on any atom is 0.118 e. The first-order valence-corrected chi connectivity index (χ1v) is 7.39. The molecule has 1 unspecified atom stereocenters. The first-order valence-electron chi connectivity index (χ1n) is 7.39. The fourth-order valence-electron chi connectivity index (χ4n) is 2.76. The molecule has 0 saturated carbocycles. The van der Waals surface area contributed by atoms with Crippen molar-refractivity contribution in [2.45, 2.75) is 38.1 Å². The SMILES string of the molecule is COc1ccc(CCCN2CCCCC(N)C2)cc1. The second-order valence-electron chi connectivity index (χ2n) is 5.51. The minimum Gasteiger partial charge on any atom is -0.497 e. The van der Waals surface area contributed by atoms with Crippen LogP contribution in [0.15, 0.2) is 24.3 Å². The summed E-state index contributed by atoms with van der Waals surface area (Å²) in [5, 5.41) is 0. The highest BCUT2D eigenvalue weighted by Gasteiger charge is 2.14. The van der Waals surface area contributed by atoms with Crippen molar-refractivity contribution in [1.29, 1.82) is 0 Å². The van der Waals surface area contributed by atoms with Gasteiger partial charge in [-0.1, -0.05) is 18.6 Å². The molecule has 3 nitrogen and oxygen atoms in total. The molecule has 0 aromatic heterocycles. The van der Waals surface area contributed by atoms with Gasteiger partial charge in [-0.15, -0.1) is 0 Å². The third-order valence-corrected chi connectivity index (χ3v) is 3.89. The Morgan fingerprint density at radius 2 is 2.05 bits per heavy atom. The molecular formula is C16H26N2O. The fourth-order valence-corrected chi connectivity index (χ4v) is 2.76. The quantitative estimate of drug-likeness (QED) is 0.886. The molecular weight excluding hydrogens is 236 g/mol. The standard InChI is InChI=1S/C16H26N2O/c1-19-16-9-7-14(8-10-16)5-4-12-18-11-3-2-6-15(17)13-18/h7-10,15H,2-6,11-13,17H2,1H3. The number of hydrogen-bond acceptors (Lipinski definition) is 3. The van der Waals surface area contributed by atoms with Crippen LogP contribution in [0.1, 0.15) is 31.2 Å². The van der Waals surface area contributed by atoms with Crippen molar-refractivity contribution < 1.29 is 4.74 Å². The van der Waals surface area contributed by atoms with Gasteiger partial charge in [-0.2, -0.15) is 0 Å². The zero-order chi connectivity index (χ0) is 13.5. The summed E-state index contributed by atoms with van der Waals surface area (Å²) >= 11 is 0. The Morgan fingerprint density at radius 3 is 2.79 bits per heavy atom. The third kappa shape index (κ3) is 4.84. The van der Waals surface area contributed by atoms with Gasteiger partial charge in [0, 0.05) is 12.6 Å². The van der Waals surface area contributed by atoms with E-state index in [0.29, 0.717) is 6.04 Å². The molecule has 0 amide bonds. The first-order chi connectivity index (χ1) is 9.28. The predicted molar refractivity (Wildman–Crippen MR) is 79.6 cm³/mol. The molecule has 106 valence electrons. The maximum absolute atomic E-state index is 6.08. The lowest BCUT2D eigenvalue weighted by atomic mass is 10.1. The summed E-state index contributed by atoms with van der Waals surface area (Å²) in [6.07, 6.45) is 6.12. The summed E-state index contributed by atoms with van der Waals surface area (Å²) in [5.74, 6) is 0.933. The monoisotopic (exact) mass is 262 g/mol. The second-order valence-corrected chi connectivity index (χ2v) is 5.51. The van der Waals surface area contributed by atoms with E-state index in [1.54, 1.807) is 7.11 Å². The molecule has 2 N–H and O–H groups in total. The van der Waals surface area contributed by atoms with Crippen molar-refractivity contribution in [3.05, 3.63) is 29.8 Å². The van der Waals surface area contributed by atoms with Crippen LogP contribution in [0.5, 0.6) is 5.75 Å². The zero-order valence-corrected chi connectivity index (χ0v) is 12.0. The Labute approximate surface area is 116 Å². The Morgan fingerprint density at radius 1 is 1.26 bits per heavy atom. The average Bonchev–Trinajstić information content (AvgIpc) is 2.64. The highest BCUT2D eigenvalue weighted by molar-refractivity contribution is 5.27. The van der Waals surface area contributed by atoms with E-state index in [1.807, 2.05) is 12.1 Å². The molecule has 1 aromatic rings. The molecule has 1 aliphatic rings.